The van der Waals surface area contributed by atoms with Crippen LogP contribution >= 0.6 is 0 Å². The van der Waals surface area contributed by atoms with Crippen LogP contribution in [0, 0.1) is 46.8 Å². The van der Waals surface area contributed by atoms with Gasteiger partial charge in [-0.15, -0.1) is 0 Å². The maximum atomic E-state index is 7.75. The van der Waals surface area contributed by atoms with Crippen LogP contribution in [-0.4, -0.2) is 6.21 Å². The van der Waals surface area contributed by atoms with Crippen LogP contribution < -0.4 is 0 Å². The van der Waals surface area contributed by atoms with Crippen molar-refractivity contribution in [1.82, 2.24) is 0 Å². The van der Waals surface area contributed by atoms with Gasteiger partial charge in [0, 0.05) is 0 Å². The van der Waals surface area contributed by atoms with E-state index in [0.29, 0.717) is 5.92 Å². The average Bonchev–Trinajstić information content (AvgIpc) is 2.52. The molecule has 0 radical (unpaired) electrons. The minimum Gasteiger partial charge on any atom is -0.313 e. The predicted octanol–water partition coefficient (Wildman–Crippen LogP) is 5.79. The Morgan fingerprint density at radius 2 is 1.65 bits per heavy atom. The third-order valence-electron chi connectivity index (χ3n) is 6.71. The zero-order valence-electron chi connectivity index (χ0n) is 14.1. The lowest BCUT2D eigenvalue weighted by molar-refractivity contribution is -0.0634. The summed E-state index contributed by atoms with van der Waals surface area (Å²) in [4.78, 5) is 0. The first-order valence-corrected chi connectivity index (χ1v) is 9.26. The molecule has 1 nitrogen and oxygen atoms in total. The van der Waals surface area contributed by atoms with Gasteiger partial charge in [0.2, 0.25) is 0 Å². The van der Waals surface area contributed by atoms with E-state index in [1.54, 1.807) is 6.21 Å². The monoisotopic (exact) mass is 277 g/mol. The zero-order valence-corrected chi connectivity index (χ0v) is 14.1. The normalized spacial score (nSPS) is 46.7. The van der Waals surface area contributed by atoms with Crippen molar-refractivity contribution in [3.63, 3.8) is 0 Å². The first-order chi connectivity index (χ1) is 9.76. The Labute approximate surface area is 126 Å². The van der Waals surface area contributed by atoms with Crippen LogP contribution in [0.25, 0.3) is 0 Å². The van der Waals surface area contributed by atoms with E-state index in [0.717, 1.165) is 35.5 Å². The topological polar surface area (TPSA) is 23.9 Å². The third kappa shape index (κ3) is 2.70. The summed E-state index contributed by atoms with van der Waals surface area (Å²) in [5.41, 5.74) is 0. The van der Waals surface area contributed by atoms with Crippen molar-refractivity contribution >= 4 is 6.21 Å². The molecule has 7 unspecified atom stereocenters. The van der Waals surface area contributed by atoms with E-state index < -0.39 is 0 Å². The predicted molar refractivity (Wildman–Crippen MR) is 88.2 cm³/mol. The second-order valence-electron chi connectivity index (χ2n) is 7.29. The zero-order chi connectivity index (χ0) is 14.7. The molecule has 0 bridgehead atoms. The van der Waals surface area contributed by atoms with E-state index in [-0.39, 0.29) is 0 Å². The highest BCUT2D eigenvalue weighted by Crippen LogP contribution is 2.57. The van der Waals surface area contributed by atoms with Crippen LogP contribution in [0.4, 0.5) is 0 Å². The van der Waals surface area contributed by atoms with Gasteiger partial charge in [0.15, 0.2) is 0 Å². The van der Waals surface area contributed by atoms with Crippen LogP contribution in [0.5, 0.6) is 0 Å². The summed E-state index contributed by atoms with van der Waals surface area (Å²) >= 11 is 0. The van der Waals surface area contributed by atoms with Crippen molar-refractivity contribution in [2.75, 3.05) is 0 Å². The van der Waals surface area contributed by atoms with Crippen molar-refractivity contribution < 1.29 is 0 Å². The highest BCUT2D eigenvalue weighted by molar-refractivity contribution is 5.57. The van der Waals surface area contributed by atoms with E-state index in [1.807, 2.05) is 13.8 Å². The second kappa shape index (κ2) is 7.09. The highest BCUT2D eigenvalue weighted by atomic mass is 14.6. The standard InChI is InChI=1S/C17H29N.C2H6/c1-3-12-8-9-15-14(10-18)7-6-13-5-4-11(2)16(12)17(13)15;1-2/h10-18H,3-9H2,1-2H3;1-2H3. The van der Waals surface area contributed by atoms with Gasteiger partial charge < -0.3 is 5.41 Å². The molecule has 0 spiro atoms. The molecule has 116 valence electrons. The van der Waals surface area contributed by atoms with Crippen LogP contribution in [0.15, 0.2) is 0 Å². The fourth-order valence-corrected chi connectivity index (χ4v) is 5.90. The summed E-state index contributed by atoms with van der Waals surface area (Å²) in [5.74, 6) is 6.43. The minimum absolute atomic E-state index is 0.622. The van der Waals surface area contributed by atoms with E-state index in [1.165, 1.54) is 44.9 Å². The number of nitrogens with one attached hydrogen (secondary N) is 1. The number of hydrogen-bond donors (Lipinski definition) is 1. The molecule has 0 aliphatic heterocycles. The average molecular weight is 277 g/mol. The first-order valence-electron chi connectivity index (χ1n) is 9.26. The molecule has 1 N–H and O–H groups in total. The third-order valence-corrected chi connectivity index (χ3v) is 6.71. The maximum absolute atomic E-state index is 7.75. The molecule has 0 aromatic carbocycles. The Kier molecular flexibility index (Phi) is 5.69. The molecule has 3 saturated carbocycles. The Morgan fingerprint density at radius 1 is 0.950 bits per heavy atom. The molecular formula is C19H35N. The lowest BCUT2D eigenvalue weighted by Crippen LogP contribution is -2.50. The van der Waals surface area contributed by atoms with Crippen LogP contribution in [0.3, 0.4) is 0 Å². The molecule has 0 aromatic heterocycles. The van der Waals surface area contributed by atoms with Crippen LogP contribution in [0.2, 0.25) is 0 Å². The van der Waals surface area contributed by atoms with Gasteiger partial charge in [-0.05, 0) is 79.7 Å². The van der Waals surface area contributed by atoms with Crippen molar-refractivity contribution in [3.05, 3.63) is 0 Å². The van der Waals surface area contributed by atoms with Gasteiger partial charge in [-0.1, -0.05) is 40.5 Å². The number of rotatable bonds is 2. The largest absolute Gasteiger partial charge is 0.313 e. The van der Waals surface area contributed by atoms with Gasteiger partial charge in [0.1, 0.15) is 0 Å². The van der Waals surface area contributed by atoms with Crippen LogP contribution in [-0.2, 0) is 0 Å². The van der Waals surface area contributed by atoms with E-state index in [2.05, 4.69) is 13.8 Å². The molecule has 0 amide bonds. The molecule has 7 atom stereocenters. The molecule has 20 heavy (non-hydrogen) atoms. The molecule has 0 aromatic rings. The molecular weight excluding hydrogens is 242 g/mol. The highest BCUT2D eigenvalue weighted by Gasteiger charge is 2.50. The summed E-state index contributed by atoms with van der Waals surface area (Å²) in [6.07, 6.45) is 11.7. The SMILES string of the molecule is CC.CCC1CCC2C(C=N)CCC3CCC(C)C1C32. The fraction of sp³-hybridized carbons (Fsp3) is 0.947. The minimum atomic E-state index is 0.622. The molecule has 3 aliphatic carbocycles. The maximum Gasteiger partial charge on any atom is -0.00139 e. The van der Waals surface area contributed by atoms with Gasteiger partial charge in [-0.3, -0.25) is 0 Å². The lowest BCUT2D eigenvalue weighted by Gasteiger charge is -2.56. The lowest BCUT2D eigenvalue weighted by atomic mass is 9.49. The molecule has 0 heterocycles. The first kappa shape index (κ1) is 16.0. The fourth-order valence-electron chi connectivity index (χ4n) is 5.90. The van der Waals surface area contributed by atoms with E-state index in [9.17, 15) is 0 Å². The Balaban J connectivity index is 0.000000704. The Morgan fingerprint density at radius 3 is 2.30 bits per heavy atom. The Bertz CT molecular complexity index is 311. The van der Waals surface area contributed by atoms with E-state index >= 15 is 0 Å². The molecule has 3 fully saturated rings. The van der Waals surface area contributed by atoms with Gasteiger partial charge in [0.05, 0.1) is 0 Å². The van der Waals surface area contributed by atoms with Crippen molar-refractivity contribution in [2.24, 2.45) is 41.4 Å². The quantitative estimate of drug-likeness (QED) is 0.618. The summed E-state index contributed by atoms with van der Waals surface area (Å²) < 4.78 is 0. The number of hydrogen-bond acceptors (Lipinski definition) is 1. The second-order valence-corrected chi connectivity index (χ2v) is 7.29. The summed E-state index contributed by atoms with van der Waals surface area (Å²) in [5, 5.41) is 7.75. The molecule has 3 rings (SSSR count). The molecule has 3 aliphatic rings. The van der Waals surface area contributed by atoms with Crippen molar-refractivity contribution in [1.29, 1.82) is 5.41 Å². The molecule has 1 heteroatoms. The smallest absolute Gasteiger partial charge is 0.00139 e. The Hall–Kier alpha value is -0.330. The summed E-state index contributed by atoms with van der Waals surface area (Å²) in [6.45, 7) is 8.91. The summed E-state index contributed by atoms with van der Waals surface area (Å²) in [7, 11) is 0. The van der Waals surface area contributed by atoms with E-state index in [4.69, 9.17) is 5.41 Å². The van der Waals surface area contributed by atoms with Gasteiger partial charge in [-0.25, -0.2) is 0 Å². The van der Waals surface area contributed by atoms with Crippen molar-refractivity contribution in [2.45, 2.75) is 72.6 Å². The van der Waals surface area contributed by atoms with Gasteiger partial charge in [0.25, 0.3) is 0 Å². The van der Waals surface area contributed by atoms with Gasteiger partial charge in [-0.2, -0.15) is 0 Å². The van der Waals surface area contributed by atoms with Crippen LogP contribution in [0.1, 0.15) is 72.6 Å². The van der Waals surface area contributed by atoms with Crippen molar-refractivity contribution in [3.8, 4) is 0 Å². The van der Waals surface area contributed by atoms with Gasteiger partial charge >= 0.3 is 0 Å². The molecule has 0 saturated heterocycles. The summed E-state index contributed by atoms with van der Waals surface area (Å²) in [6, 6.07) is 0.